The highest BCUT2D eigenvalue weighted by molar-refractivity contribution is 5.84. The van der Waals surface area contributed by atoms with E-state index in [1.54, 1.807) is 0 Å². The molecule has 0 saturated heterocycles. The van der Waals surface area contributed by atoms with E-state index in [4.69, 9.17) is 0 Å². The van der Waals surface area contributed by atoms with Crippen LogP contribution in [0.15, 0.2) is 59.1 Å². The van der Waals surface area contributed by atoms with Gasteiger partial charge in [-0.15, -0.1) is 0 Å². The van der Waals surface area contributed by atoms with E-state index in [-0.39, 0.29) is 0 Å². The molecule has 0 amide bonds. The molecule has 1 unspecified atom stereocenters. The van der Waals surface area contributed by atoms with Crippen molar-refractivity contribution >= 4 is 12.3 Å². The lowest BCUT2D eigenvalue weighted by atomic mass is 9.86. The van der Waals surface area contributed by atoms with Crippen molar-refractivity contribution in [2.45, 2.75) is 32.6 Å². The van der Waals surface area contributed by atoms with Crippen LogP contribution in [0.1, 0.15) is 54.9 Å². The second-order valence-corrected chi connectivity index (χ2v) is 5.97. The molecular formula is C21H23N. The molecule has 3 rings (SSSR count). The van der Waals surface area contributed by atoms with Gasteiger partial charge < -0.3 is 0 Å². The number of fused-ring (bicyclic) bond motifs is 1. The van der Waals surface area contributed by atoms with Crippen molar-refractivity contribution in [3.63, 3.8) is 0 Å². The van der Waals surface area contributed by atoms with Crippen molar-refractivity contribution in [1.29, 1.82) is 0 Å². The van der Waals surface area contributed by atoms with E-state index < -0.39 is 0 Å². The van der Waals surface area contributed by atoms with Gasteiger partial charge in [0.05, 0.1) is 0 Å². The lowest BCUT2D eigenvalue weighted by molar-refractivity contribution is 0.810. The molecule has 1 nitrogen and oxygen atoms in total. The highest BCUT2D eigenvalue weighted by Crippen LogP contribution is 2.41. The Morgan fingerprint density at radius 3 is 2.55 bits per heavy atom. The summed E-state index contributed by atoms with van der Waals surface area (Å²) in [6.07, 6.45) is 6.71. The van der Waals surface area contributed by atoms with E-state index in [0.29, 0.717) is 5.92 Å². The summed E-state index contributed by atoms with van der Waals surface area (Å²) in [4.78, 5) is 4.60. The predicted octanol–water partition coefficient (Wildman–Crippen LogP) is 5.45. The van der Waals surface area contributed by atoms with Crippen molar-refractivity contribution in [1.82, 2.24) is 0 Å². The normalized spacial score (nSPS) is 16.8. The molecule has 1 aliphatic rings. The fourth-order valence-electron chi connectivity index (χ4n) is 3.20. The average molecular weight is 289 g/mol. The third-order valence-corrected chi connectivity index (χ3v) is 4.32. The fraction of sp³-hybridized carbons (Fsp3) is 0.286. The van der Waals surface area contributed by atoms with Crippen LogP contribution >= 0.6 is 0 Å². The van der Waals surface area contributed by atoms with Crippen molar-refractivity contribution < 1.29 is 0 Å². The fourth-order valence-corrected chi connectivity index (χ4v) is 3.20. The van der Waals surface area contributed by atoms with Gasteiger partial charge in [-0.05, 0) is 35.6 Å². The molecule has 0 spiro atoms. The molecule has 0 fully saturated rings. The summed E-state index contributed by atoms with van der Waals surface area (Å²) >= 11 is 0. The molecule has 0 aliphatic heterocycles. The number of rotatable bonds is 5. The summed E-state index contributed by atoms with van der Waals surface area (Å²) in [7, 11) is 0. The molecule has 0 saturated carbocycles. The summed E-state index contributed by atoms with van der Waals surface area (Å²) in [5.74, 6) is 0.366. The Bertz CT molecular complexity index is 709. The Balaban J connectivity index is 1.96. The van der Waals surface area contributed by atoms with Crippen LogP contribution in [0.4, 0.5) is 0 Å². The number of hydrogen-bond donors (Lipinski definition) is 0. The minimum Gasteiger partial charge on any atom is -0.293 e. The molecule has 1 aliphatic carbocycles. The van der Waals surface area contributed by atoms with Crippen LogP contribution in [-0.2, 0) is 0 Å². The molecule has 2 aromatic rings. The van der Waals surface area contributed by atoms with Gasteiger partial charge in [-0.25, -0.2) is 0 Å². The molecule has 0 bridgehead atoms. The van der Waals surface area contributed by atoms with E-state index in [1.807, 2.05) is 0 Å². The Hall–Kier alpha value is -2.15. The zero-order chi connectivity index (χ0) is 15.4. The van der Waals surface area contributed by atoms with Crippen LogP contribution < -0.4 is 0 Å². The summed E-state index contributed by atoms with van der Waals surface area (Å²) in [5, 5.41) is 0. The van der Waals surface area contributed by atoms with E-state index in [2.05, 4.69) is 79.7 Å². The minimum atomic E-state index is 0.366. The lowest BCUT2D eigenvalue weighted by Crippen LogP contribution is -2.03. The smallest absolute Gasteiger partial charge is 0.0389 e. The highest BCUT2D eigenvalue weighted by Gasteiger charge is 2.25. The minimum absolute atomic E-state index is 0.366. The first-order chi connectivity index (χ1) is 10.8. The summed E-state index contributed by atoms with van der Waals surface area (Å²) < 4.78 is 0. The van der Waals surface area contributed by atoms with E-state index in [9.17, 15) is 0 Å². The van der Waals surface area contributed by atoms with Gasteiger partial charge in [0.1, 0.15) is 0 Å². The Morgan fingerprint density at radius 2 is 1.73 bits per heavy atom. The summed E-state index contributed by atoms with van der Waals surface area (Å²) in [6.45, 7) is 5.35. The average Bonchev–Trinajstić information content (AvgIpc) is 2.88. The van der Waals surface area contributed by atoms with Gasteiger partial charge in [-0.2, -0.15) is 0 Å². The van der Waals surface area contributed by atoms with Crippen molar-refractivity contribution in [2.24, 2.45) is 4.99 Å². The molecule has 112 valence electrons. The van der Waals surface area contributed by atoms with Gasteiger partial charge in [0.2, 0.25) is 0 Å². The molecule has 2 aromatic carbocycles. The Labute approximate surface area is 133 Å². The van der Waals surface area contributed by atoms with Crippen molar-refractivity contribution in [2.75, 3.05) is 6.54 Å². The quantitative estimate of drug-likeness (QED) is 0.512. The number of aliphatic imine (C=N–C) groups is 1. The van der Waals surface area contributed by atoms with Crippen LogP contribution in [0.25, 0.3) is 6.08 Å². The van der Waals surface area contributed by atoms with E-state index in [0.717, 1.165) is 13.0 Å². The second kappa shape index (κ2) is 6.74. The van der Waals surface area contributed by atoms with Crippen LogP contribution in [0.2, 0.25) is 0 Å². The molecule has 0 radical (unpaired) electrons. The molecule has 0 N–H and O–H groups in total. The molecule has 1 atom stereocenters. The van der Waals surface area contributed by atoms with Crippen LogP contribution in [0.3, 0.4) is 0 Å². The van der Waals surface area contributed by atoms with E-state index in [1.165, 1.54) is 34.2 Å². The first kappa shape index (κ1) is 14.8. The largest absolute Gasteiger partial charge is 0.293 e. The predicted molar refractivity (Wildman–Crippen MR) is 95.7 cm³/mol. The molecule has 0 aromatic heterocycles. The monoisotopic (exact) mass is 289 g/mol. The topological polar surface area (TPSA) is 12.4 Å². The molecular weight excluding hydrogens is 266 g/mol. The maximum atomic E-state index is 4.60. The van der Waals surface area contributed by atoms with Gasteiger partial charge in [0.25, 0.3) is 0 Å². The van der Waals surface area contributed by atoms with E-state index >= 15 is 0 Å². The Kier molecular flexibility index (Phi) is 4.53. The third-order valence-electron chi connectivity index (χ3n) is 4.32. The number of allylic oxidation sites excluding steroid dienone is 1. The summed E-state index contributed by atoms with van der Waals surface area (Å²) in [6, 6.07) is 17.4. The maximum Gasteiger partial charge on any atom is 0.0389 e. The van der Waals surface area contributed by atoms with Crippen molar-refractivity contribution in [3.05, 3.63) is 76.4 Å². The maximum absolute atomic E-state index is 4.60. The number of nitrogens with zero attached hydrogens (tertiary/aromatic N) is 1. The highest BCUT2D eigenvalue weighted by atomic mass is 14.7. The summed E-state index contributed by atoms with van der Waals surface area (Å²) in [5.41, 5.74) is 6.78. The van der Waals surface area contributed by atoms with Gasteiger partial charge in [0.15, 0.2) is 0 Å². The van der Waals surface area contributed by atoms with Gasteiger partial charge in [-0.3, -0.25) is 4.99 Å². The van der Waals surface area contributed by atoms with Gasteiger partial charge >= 0.3 is 0 Å². The standard InChI is InChI=1S/C21H23N/c1-3-4-13-22-15-18-10-6-8-12-20(18)21-16(2)14-17-9-5-7-11-19(17)21/h5-12,14-15,21H,3-4,13H2,1-2H3/b22-15+. The first-order valence-electron chi connectivity index (χ1n) is 8.17. The van der Waals surface area contributed by atoms with Crippen LogP contribution in [0.5, 0.6) is 0 Å². The molecule has 22 heavy (non-hydrogen) atoms. The zero-order valence-electron chi connectivity index (χ0n) is 13.4. The Morgan fingerprint density at radius 1 is 1.00 bits per heavy atom. The zero-order valence-corrected chi connectivity index (χ0v) is 13.4. The number of hydrogen-bond acceptors (Lipinski definition) is 1. The second-order valence-electron chi connectivity index (χ2n) is 5.97. The van der Waals surface area contributed by atoms with Gasteiger partial charge in [-0.1, -0.05) is 73.5 Å². The molecule has 0 heterocycles. The SMILES string of the molecule is CCCC/N=C/c1ccccc1C1C(C)=Cc2ccccc21. The molecule has 1 heteroatoms. The number of unbranched alkanes of at least 4 members (excludes halogenated alkanes) is 1. The number of benzene rings is 2. The van der Waals surface area contributed by atoms with Crippen molar-refractivity contribution in [3.8, 4) is 0 Å². The lowest BCUT2D eigenvalue weighted by Gasteiger charge is -2.17. The first-order valence-corrected chi connectivity index (χ1v) is 8.17. The van der Waals surface area contributed by atoms with Crippen LogP contribution in [-0.4, -0.2) is 12.8 Å². The van der Waals surface area contributed by atoms with Crippen LogP contribution in [0, 0.1) is 0 Å². The third kappa shape index (κ3) is 2.89. The van der Waals surface area contributed by atoms with Gasteiger partial charge in [0, 0.05) is 18.7 Å².